The summed E-state index contributed by atoms with van der Waals surface area (Å²) in [6, 6.07) is -2.76. The smallest absolute Gasteiger partial charge is 0.408 e. The van der Waals surface area contributed by atoms with Gasteiger partial charge in [-0.05, 0) is 26.2 Å². The summed E-state index contributed by atoms with van der Waals surface area (Å²) in [7, 11) is 0. The molecule has 0 aromatic heterocycles. The molecule has 0 aliphatic rings. The van der Waals surface area contributed by atoms with Gasteiger partial charge in [-0.3, -0.25) is 4.79 Å². The van der Waals surface area contributed by atoms with Crippen LogP contribution in [-0.2, 0) is 9.53 Å². The molecule has 5 heteroatoms. The van der Waals surface area contributed by atoms with Crippen molar-refractivity contribution in [1.29, 1.82) is 0 Å². The molecule has 1 atom stereocenters. The van der Waals surface area contributed by atoms with E-state index >= 15 is 0 Å². The van der Waals surface area contributed by atoms with E-state index in [1.165, 1.54) is 0 Å². The molecule has 0 saturated heterocycles. The molecular formula is C11H20FNO3. The number of carbonyl (C=O) groups is 2. The molecule has 1 amide bonds. The highest BCUT2D eigenvalue weighted by Crippen LogP contribution is 2.21. The van der Waals surface area contributed by atoms with Crippen LogP contribution < -0.4 is 5.32 Å². The highest BCUT2D eigenvalue weighted by atomic mass is 19.1. The lowest BCUT2D eigenvalue weighted by Crippen LogP contribution is -2.49. The molecule has 16 heavy (non-hydrogen) atoms. The van der Waals surface area contributed by atoms with Crippen molar-refractivity contribution in [2.75, 3.05) is 0 Å². The molecule has 0 aliphatic carbocycles. The number of alkyl carbamates (subject to hydrolysis) is 1. The molecule has 0 saturated carbocycles. The summed E-state index contributed by atoms with van der Waals surface area (Å²) in [5, 5.41) is 2.23. The Morgan fingerprint density at radius 2 is 1.56 bits per heavy atom. The molecule has 94 valence electrons. The van der Waals surface area contributed by atoms with E-state index < -0.39 is 29.2 Å². The summed E-state index contributed by atoms with van der Waals surface area (Å²) in [5.41, 5.74) is -1.37. The summed E-state index contributed by atoms with van der Waals surface area (Å²) in [6.45, 7) is 10.0. The first-order valence-electron chi connectivity index (χ1n) is 5.12. The quantitative estimate of drug-likeness (QED) is 0.745. The Bertz CT molecular complexity index is 276. The van der Waals surface area contributed by atoms with Gasteiger partial charge in [0.15, 0.2) is 0 Å². The number of halogens is 1. The van der Waals surface area contributed by atoms with Gasteiger partial charge in [-0.15, -0.1) is 0 Å². The molecule has 0 heterocycles. The summed E-state index contributed by atoms with van der Waals surface area (Å²) in [4.78, 5) is 22.1. The maximum Gasteiger partial charge on any atom is 0.408 e. The van der Waals surface area contributed by atoms with Crippen LogP contribution in [0.1, 0.15) is 41.5 Å². The Hall–Kier alpha value is -1.13. The lowest BCUT2D eigenvalue weighted by Gasteiger charge is -2.28. The van der Waals surface area contributed by atoms with Gasteiger partial charge in [-0.1, -0.05) is 20.8 Å². The molecule has 0 rings (SSSR count). The van der Waals surface area contributed by atoms with Gasteiger partial charge in [-0.25, -0.2) is 4.79 Å². The summed E-state index contributed by atoms with van der Waals surface area (Å²) >= 11 is 0. The van der Waals surface area contributed by atoms with Crippen molar-refractivity contribution >= 4 is 12.1 Å². The fraction of sp³-hybridized carbons (Fsp3) is 0.818. The van der Waals surface area contributed by atoms with Gasteiger partial charge in [0, 0.05) is 0 Å². The number of ether oxygens (including phenoxy) is 1. The zero-order valence-corrected chi connectivity index (χ0v) is 10.7. The predicted molar refractivity (Wildman–Crippen MR) is 58.7 cm³/mol. The number of hydrogen-bond acceptors (Lipinski definition) is 3. The van der Waals surface area contributed by atoms with Gasteiger partial charge in [0.05, 0.1) is 0 Å². The molecule has 0 bridgehead atoms. The molecule has 0 aromatic carbocycles. The van der Waals surface area contributed by atoms with Crippen LogP contribution in [0.15, 0.2) is 0 Å². The Labute approximate surface area is 95.5 Å². The molecule has 0 aliphatic heterocycles. The number of carbonyl (C=O) groups excluding carboxylic acids is 2. The maximum atomic E-state index is 12.7. The number of hydrogen-bond donors (Lipinski definition) is 1. The Morgan fingerprint density at radius 3 is 1.81 bits per heavy atom. The topological polar surface area (TPSA) is 55.4 Å². The average molecular weight is 233 g/mol. The Morgan fingerprint density at radius 1 is 1.12 bits per heavy atom. The number of nitrogens with one attached hydrogen (secondary N) is 1. The molecule has 1 unspecified atom stereocenters. The first-order valence-corrected chi connectivity index (χ1v) is 5.12. The van der Waals surface area contributed by atoms with Gasteiger partial charge in [0.25, 0.3) is 0 Å². The van der Waals surface area contributed by atoms with Crippen LogP contribution in [0.3, 0.4) is 0 Å². The SMILES string of the molecule is CC(C)(C)OC(=O)NC(C(=O)F)C(C)(C)C. The fourth-order valence-electron chi connectivity index (χ4n) is 1.04. The molecule has 0 spiro atoms. The van der Waals surface area contributed by atoms with Crippen molar-refractivity contribution in [3.8, 4) is 0 Å². The normalized spacial score (nSPS) is 14.2. The summed E-state index contributed by atoms with van der Waals surface area (Å²) in [5.74, 6) is 0. The van der Waals surface area contributed by atoms with E-state index in [-0.39, 0.29) is 0 Å². The molecule has 0 radical (unpaired) electrons. The van der Waals surface area contributed by atoms with E-state index in [1.807, 2.05) is 0 Å². The molecule has 0 fully saturated rings. The second kappa shape index (κ2) is 4.80. The molecule has 0 aromatic rings. The molecule has 1 N–H and O–H groups in total. The third-order valence-electron chi connectivity index (χ3n) is 1.75. The van der Waals surface area contributed by atoms with Crippen molar-refractivity contribution in [1.82, 2.24) is 5.32 Å². The first kappa shape index (κ1) is 14.9. The van der Waals surface area contributed by atoms with Crippen LogP contribution in [0.4, 0.5) is 9.18 Å². The molecule has 4 nitrogen and oxygen atoms in total. The lowest BCUT2D eigenvalue weighted by molar-refractivity contribution is -0.134. The van der Waals surface area contributed by atoms with Gasteiger partial charge in [0.2, 0.25) is 0 Å². The minimum absolute atomic E-state index is 0.675. The van der Waals surface area contributed by atoms with E-state index in [0.29, 0.717) is 0 Å². The fourth-order valence-corrected chi connectivity index (χ4v) is 1.04. The first-order chi connectivity index (χ1) is 6.93. The van der Waals surface area contributed by atoms with Crippen molar-refractivity contribution in [2.45, 2.75) is 53.2 Å². The highest BCUT2D eigenvalue weighted by Gasteiger charge is 2.34. The maximum absolute atomic E-state index is 12.7. The minimum Gasteiger partial charge on any atom is -0.444 e. The standard InChI is InChI=1S/C11H20FNO3/c1-10(2,3)7(8(12)14)13-9(15)16-11(4,5)6/h7H,1-6H3,(H,13,15). The zero-order valence-electron chi connectivity index (χ0n) is 10.7. The van der Waals surface area contributed by atoms with Crippen LogP contribution in [-0.4, -0.2) is 23.8 Å². The number of rotatable bonds is 2. The van der Waals surface area contributed by atoms with Crippen molar-refractivity contribution in [2.24, 2.45) is 5.41 Å². The minimum atomic E-state index is -1.57. The van der Waals surface area contributed by atoms with Gasteiger partial charge >= 0.3 is 12.1 Å². The monoisotopic (exact) mass is 233 g/mol. The number of amides is 1. The van der Waals surface area contributed by atoms with E-state index in [9.17, 15) is 14.0 Å². The van der Waals surface area contributed by atoms with Gasteiger partial charge in [-0.2, -0.15) is 4.39 Å². The van der Waals surface area contributed by atoms with Crippen LogP contribution >= 0.6 is 0 Å². The van der Waals surface area contributed by atoms with Crippen LogP contribution in [0.25, 0.3) is 0 Å². The van der Waals surface area contributed by atoms with Gasteiger partial charge in [0.1, 0.15) is 11.6 Å². The molecular weight excluding hydrogens is 213 g/mol. The van der Waals surface area contributed by atoms with Crippen molar-refractivity contribution in [3.63, 3.8) is 0 Å². The highest BCUT2D eigenvalue weighted by molar-refractivity contribution is 5.81. The Balaban J connectivity index is 4.56. The van der Waals surface area contributed by atoms with E-state index in [4.69, 9.17) is 4.74 Å². The Kier molecular flexibility index (Phi) is 4.46. The predicted octanol–water partition coefficient (Wildman–Crippen LogP) is 2.42. The summed E-state index contributed by atoms with van der Waals surface area (Å²) in [6.07, 6.45) is -0.793. The lowest BCUT2D eigenvalue weighted by atomic mass is 9.87. The van der Waals surface area contributed by atoms with Crippen molar-refractivity contribution < 1.29 is 18.7 Å². The van der Waals surface area contributed by atoms with E-state index in [1.54, 1.807) is 41.5 Å². The largest absolute Gasteiger partial charge is 0.444 e. The third kappa shape index (κ3) is 5.68. The second-order valence-corrected chi connectivity index (χ2v) is 5.75. The third-order valence-corrected chi connectivity index (χ3v) is 1.75. The zero-order chi connectivity index (χ0) is 13.1. The average Bonchev–Trinajstić information content (AvgIpc) is 1.93. The van der Waals surface area contributed by atoms with Gasteiger partial charge < -0.3 is 10.1 Å². The van der Waals surface area contributed by atoms with Crippen molar-refractivity contribution in [3.05, 3.63) is 0 Å². The van der Waals surface area contributed by atoms with Crippen LogP contribution in [0.2, 0.25) is 0 Å². The van der Waals surface area contributed by atoms with E-state index in [0.717, 1.165) is 0 Å². The van der Waals surface area contributed by atoms with Crippen LogP contribution in [0.5, 0.6) is 0 Å². The van der Waals surface area contributed by atoms with E-state index in [2.05, 4.69) is 5.32 Å². The summed E-state index contributed by atoms with van der Waals surface area (Å²) < 4.78 is 17.7. The second-order valence-electron chi connectivity index (χ2n) is 5.75. The van der Waals surface area contributed by atoms with Crippen LogP contribution in [0, 0.1) is 5.41 Å².